The first kappa shape index (κ1) is 19.4. The molecule has 0 spiro atoms. The molecule has 1 fully saturated rings. The van der Waals surface area contributed by atoms with E-state index in [1.165, 1.54) is 6.07 Å². The Morgan fingerprint density at radius 3 is 2.59 bits per heavy atom. The molecule has 7 nitrogen and oxygen atoms in total. The minimum absolute atomic E-state index is 0.207. The van der Waals surface area contributed by atoms with Gasteiger partial charge in [0, 0.05) is 18.4 Å². The Morgan fingerprint density at radius 2 is 1.93 bits per heavy atom. The van der Waals surface area contributed by atoms with Crippen molar-refractivity contribution in [3.8, 4) is 0 Å². The normalized spacial score (nSPS) is 19.0. The van der Waals surface area contributed by atoms with Crippen molar-refractivity contribution in [2.45, 2.75) is 34.1 Å². The molecule has 1 heterocycles. The monoisotopic (exact) mass is 393 g/mol. The topological polar surface area (TPSA) is 95.7 Å². The number of Topliss-reactive ketones (excluding diaryl/α,β-unsaturated/α-hetero) is 1. The number of aryl methyl sites for hydroxylation is 1. The Kier molecular flexibility index (Phi) is 4.99. The molecule has 0 amide bonds. The molecule has 2 atom stereocenters. The van der Waals surface area contributed by atoms with Crippen molar-refractivity contribution >= 4 is 40.4 Å². The number of oxazole rings is 1. The van der Waals surface area contributed by atoms with Crippen molar-refractivity contribution < 1.29 is 28.3 Å². The van der Waals surface area contributed by atoms with Crippen LogP contribution in [0.1, 0.15) is 43.4 Å². The van der Waals surface area contributed by atoms with Crippen LogP contribution in [0.4, 0.5) is 0 Å². The molecule has 1 aromatic carbocycles. The van der Waals surface area contributed by atoms with Gasteiger partial charge in [0.2, 0.25) is 6.79 Å². The van der Waals surface area contributed by atoms with Crippen LogP contribution < -0.4 is 0 Å². The first-order valence-corrected chi connectivity index (χ1v) is 8.90. The van der Waals surface area contributed by atoms with E-state index in [1.807, 2.05) is 0 Å². The van der Waals surface area contributed by atoms with Crippen LogP contribution in [0, 0.1) is 24.2 Å². The SMILES string of the molecule is Cc1nc2c(Cl)cc(C(=O)[C@H]3C[C@@H]3C(=O)OCOC(=O)C(C)(C)C)cc2o1. The number of esters is 2. The molecule has 1 aliphatic carbocycles. The third-order valence-corrected chi connectivity index (χ3v) is 4.56. The number of carbonyl (C=O) groups excluding carboxylic acids is 3. The van der Waals surface area contributed by atoms with Crippen molar-refractivity contribution in [3.63, 3.8) is 0 Å². The van der Waals surface area contributed by atoms with Gasteiger partial charge in [-0.3, -0.25) is 14.4 Å². The lowest BCUT2D eigenvalue weighted by Gasteiger charge is -2.16. The maximum Gasteiger partial charge on any atom is 0.314 e. The number of aromatic nitrogens is 1. The van der Waals surface area contributed by atoms with Crippen molar-refractivity contribution in [1.82, 2.24) is 4.98 Å². The molecule has 0 radical (unpaired) electrons. The number of nitrogens with zero attached hydrogens (tertiary/aromatic N) is 1. The second kappa shape index (κ2) is 6.96. The highest BCUT2D eigenvalue weighted by Crippen LogP contribution is 2.42. The minimum atomic E-state index is -0.679. The molecule has 1 saturated carbocycles. The number of rotatable bonds is 5. The third-order valence-electron chi connectivity index (χ3n) is 4.27. The average molecular weight is 394 g/mol. The molecule has 0 saturated heterocycles. The predicted octanol–water partition coefficient (Wildman–Crippen LogP) is 3.70. The van der Waals surface area contributed by atoms with Crippen LogP contribution in [0.25, 0.3) is 11.1 Å². The number of carbonyl (C=O) groups is 3. The van der Waals surface area contributed by atoms with Gasteiger partial charge in [-0.05, 0) is 39.3 Å². The number of benzene rings is 1. The summed E-state index contributed by atoms with van der Waals surface area (Å²) in [6.45, 7) is 6.33. The van der Waals surface area contributed by atoms with Crippen molar-refractivity contribution in [2.24, 2.45) is 17.3 Å². The Labute approximate surface area is 161 Å². The van der Waals surface area contributed by atoms with Gasteiger partial charge in [0.25, 0.3) is 0 Å². The number of hydrogen-bond acceptors (Lipinski definition) is 7. The zero-order chi connectivity index (χ0) is 19.9. The predicted molar refractivity (Wildman–Crippen MR) is 96.2 cm³/mol. The molecule has 0 N–H and O–H groups in total. The van der Waals surface area contributed by atoms with Crippen LogP contribution in [0.2, 0.25) is 5.02 Å². The van der Waals surface area contributed by atoms with Gasteiger partial charge in [0.1, 0.15) is 5.52 Å². The zero-order valence-electron chi connectivity index (χ0n) is 15.5. The van der Waals surface area contributed by atoms with Gasteiger partial charge < -0.3 is 13.9 Å². The molecule has 144 valence electrons. The van der Waals surface area contributed by atoms with Crippen LogP contribution in [0.3, 0.4) is 0 Å². The highest BCUT2D eigenvalue weighted by Gasteiger charge is 2.49. The van der Waals surface area contributed by atoms with E-state index in [9.17, 15) is 14.4 Å². The van der Waals surface area contributed by atoms with Gasteiger partial charge >= 0.3 is 11.9 Å². The maximum absolute atomic E-state index is 12.6. The largest absolute Gasteiger partial charge is 0.441 e. The fourth-order valence-electron chi connectivity index (χ4n) is 2.67. The van der Waals surface area contributed by atoms with E-state index < -0.39 is 36.0 Å². The summed E-state index contributed by atoms with van der Waals surface area (Å²) in [4.78, 5) is 40.5. The molecule has 0 aliphatic heterocycles. The summed E-state index contributed by atoms with van der Waals surface area (Å²) in [5.74, 6) is -1.80. The Balaban J connectivity index is 1.59. The first-order chi connectivity index (χ1) is 12.6. The smallest absolute Gasteiger partial charge is 0.314 e. The molecule has 0 unspecified atom stereocenters. The standard InChI is InChI=1S/C19H20ClNO6/c1-9-21-15-13(20)5-10(6-14(15)27-9)16(22)11-7-12(11)17(23)25-8-26-18(24)19(2,3)4/h5-6,11-12H,7-8H2,1-4H3/t11-,12-/m0/s1. The van der Waals surface area contributed by atoms with E-state index in [-0.39, 0.29) is 5.78 Å². The number of hydrogen-bond donors (Lipinski definition) is 0. The fourth-order valence-corrected chi connectivity index (χ4v) is 2.92. The summed E-state index contributed by atoms with van der Waals surface area (Å²) < 4.78 is 15.3. The molecule has 1 aliphatic rings. The van der Waals surface area contributed by atoms with Crippen LogP contribution in [-0.4, -0.2) is 29.5 Å². The summed E-state index contributed by atoms with van der Waals surface area (Å²) >= 11 is 6.16. The van der Waals surface area contributed by atoms with Crippen molar-refractivity contribution in [3.05, 3.63) is 28.6 Å². The lowest BCUT2D eigenvalue weighted by molar-refractivity contribution is -0.174. The molecule has 27 heavy (non-hydrogen) atoms. The van der Waals surface area contributed by atoms with Crippen molar-refractivity contribution in [1.29, 1.82) is 0 Å². The Morgan fingerprint density at radius 1 is 1.22 bits per heavy atom. The molecule has 8 heteroatoms. The summed E-state index contributed by atoms with van der Waals surface area (Å²) in [7, 11) is 0. The highest BCUT2D eigenvalue weighted by atomic mass is 35.5. The van der Waals surface area contributed by atoms with E-state index in [2.05, 4.69) is 4.98 Å². The maximum atomic E-state index is 12.6. The van der Waals surface area contributed by atoms with Gasteiger partial charge in [0.15, 0.2) is 17.3 Å². The van der Waals surface area contributed by atoms with E-state index >= 15 is 0 Å². The van der Waals surface area contributed by atoms with Crippen LogP contribution >= 0.6 is 11.6 Å². The van der Waals surface area contributed by atoms with Gasteiger partial charge in [-0.2, -0.15) is 0 Å². The second-order valence-electron chi connectivity index (χ2n) is 7.61. The summed E-state index contributed by atoms with van der Waals surface area (Å²) in [6, 6.07) is 3.11. The van der Waals surface area contributed by atoms with Gasteiger partial charge in [-0.15, -0.1) is 0 Å². The van der Waals surface area contributed by atoms with E-state index in [4.69, 9.17) is 25.5 Å². The average Bonchev–Trinajstić information content (AvgIpc) is 3.28. The molecule has 1 aromatic heterocycles. The quantitative estimate of drug-likeness (QED) is 0.434. The lowest BCUT2D eigenvalue weighted by Crippen LogP contribution is -2.25. The Hall–Kier alpha value is -2.41. The minimum Gasteiger partial charge on any atom is -0.441 e. The molecule has 2 aromatic rings. The van der Waals surface area contributed by atoms with Crippen LogP contribution in [-0.2, 0) is 19.1 Å². The number of ether oxygens (including phenoxy) is 2. The highest BCUT2D eigenvalue weighted by molar-refractivity contribution is 6.35. The van der Waals surface area contributed by atoms with Crippen LogP contribution in [0.15, 0.2) is 16.5 Å². The molecule has 0 bridgehead atoms. The fraction of sp³-hybridized carbons (Fsp3) is 0.474. The molecule has 3 rings (SSSR count). The van der Waals surface area contributed by atoms with Crippen LogP contribution in [0.5, 0.6) is 0 Å². The number of halogens is 1. The molecular formula is C19H20ClNO6. The number of ketones is 1. The van der Waals surface area contributed by atoms with Gasteiger partial charge in [0.05, 0.1) is 16.4 Å². The van der Waals surface area contributed by atoms with E-state index in [0.29, 0.717) is 34.0 Å². The number of fused-ring (bicyclic) bond motifs is 1. The van der Waals surface area contributed by atoms with Gasteiger partial charge in [-0.1, -0.05) is 11.6 Å². The zero-order valence-corrected chi connectivity index (χ0v) is 16.3. The first-order valence-electron chi connectivity index (χ1n) is 8.52. The molecular weight excluding hydrogens is 374 g/mol. The van der Waals surface area contributed by atoms with E-state index in [1.54, 1.807) is 33.8 Å². The third kappa shape index (κ3) is 4.13. The second-order valence-corrected chi connectivity index (χ2v) is 8.02. The summed E-state index contributed by atoms with van der Waals surface area (Å²) in [5.41, 5.74) is 0.611. The summed E-state index contributed by atoms with van der Waals surface area (Å²) in [6.07, 6.45) is 0.385. The lowest BCUT2D eigenvalue weighted by atomic mass is 9.98. The van der Waals surface area contributed by atoms with Crippen molar-refractivity contribution in [2.75, 3.05) is 6.79 Å². The van der Waals surface area contributed by atoms with E-state index in [0.717, 1.165) is 0 Å². The summed E-state index contributed by atoms with van der Waals surface area (Å²) in [5, 5.41) is 0.321. The van der Waals surface area contributed by atoms with Gasteiger partial charge in [-0.25, -0.2) is 4.98 Å². The Bertz CT molecular complexity index is 926.